The van der Waals surface area contributed by atoms with Crippen molar-refractivity contribution in [3.63, 3.8) is 0 Å². The lowest BCUT2D eigenvalue weighted by molar-refractivity contribution is 0.482. The van der Waals surface area contributed by atoms with Crippen molar-refractivity contribution in [3.8, 4) is 0 Å². The molecule has 1 aliphatic rings. The zero-order valence-electron chi connectivity index (χ0n) is 10.4. The smallest absolute Gasteiger partial charge is 0.0631 e. The lowest BCUT2D eigenvalue weighted by atomic mass is 9.99. The van der Waals surface area contributed by atoms with E-state index in [2.05, 4.69) is 63.2 Å². The van der Waals surface area contributed by atoms with Gasteiger partial charge in [-0.15, -0.1) is 0 Å². The molecule has 3 heteroatoms. The second kappa shape index (κ2) is 5.75. The Balaban J connectivity index is 2.12. The maximum absolute atomic E-state index is 3.65. The zero-order chi connectivity index (χ0) is 12.4. The number of hydrogen-bond acceptors (Lipinski definition) is 1. The highest BCUT2D eigenvalue weighted by molar-refractivity contribution is 9.11. The highest BCUT2D eigenvalue weighted by Crippen LogP contribution is 2.35. The standard InChI is InChI=1S/C14H19Br2N/c1-9-7-12(15)14(13(16)8-9)17-10(2)11-5-3-4-6-11/h7-8,10-11,17H,3-6H2,1-2H3. The molecule has 1 aromatic rings. The van der Waals surface area contributed by atoms with E-state index in [-0.39, 0.29) is 0 Å². The second-order valence-corrected chi connectivity index (χ2v) is 6.79. The number of aryl methyl sites for hydroxylation is 1. The molecule has 1 aliphatic carbocycles. The van der Waals surface area contributed by atoms with Crippen molar-refractivity contribution in [2.45, 2.75) is 45.6 Å². The van der Waals surface area contributed by atoms with Gasteiger partial charge >= 0.3 is 0 Å². The van der Waals surface area contributed by atoms with Crippen molar-refractivity contribution in [1.29, 1.82) is 0 Å². The van der Waals surface area contributed by atoms with Crippen LogP contribution in [-0.4, -0.2) is 6.04 Å². The van der Waals surface area contributed by atoms with Gasteiger partial charge in [0, 0.05) is 15.0 Å². The SMILES string of the molecule is Cc1cc(Br)c(NC(C)C2CCCC2)c(Br)c1. The van der Waals surface area contributed by atoms with E-state index in [1.807, 2.05) is 0 Å². The maximum Gasteiger partial charge on any atom is 0.0631 e. The average molecular weight is 361 g/mol. The number of halogens is 2. The molecule has 0 saturated heterocycles. The van der Waals surface area contributed by atoms with E-state index in [1.165, 1.54) is 36.9 Å². The van der Waals surface area contributed by atoms with Crippen LogP contribution in [0.2, 0.25) is 0 Å². The summed E-state index contributed by atoms with van der Waals surface area (Å²) in [6, 6.07) is 4.87. The quantitative estimate of drug-likeness (QED) is 0.749. The Hall–Kier alpha value is -0.0200. The van der Waals surface area contributed by atoms with E-state index in [0.29, 0.717) is 6.04 Å². The minimum Gasteiger partial charge on any atom is -0.380 e. The molecule has 0 aliphatic heterocycles. The fourth-order valence-electron chi connectivity index (χ4n) is 2.64. The van der Waals surface area contributed by atoms with Crippen LogP contribution in [0.25, 0.3) is 0 Å². The van der Waals surface area contributed by atoms with Gasteiger partial charge in [-0.05, 0) is 82.2 Å². The number of benzene rings is 1. The van der Waals surface area contributed by atoms with Gasteiger partial charge in [0.25, 0.3) is 0 Å². The lowest BCUT2D eigenvalue weighted by Gasteiger charge is -2.23. The Morgan fingerprint density at radius 1 is 1.18 bits per heavy atom. The maximum atomic E-state index is 3.65. The number of anilines is 1. The molecule has 17 heavy (non-hydrogen) atoms. The van der Waals surface area contributed by atoms with Crippen molar-refractivity contribution < 1.29 is 0 Å². The first-order valence-electron chi connectivity index (χ1n) is 6.30. The van der Waals surface area contributed by atoms with Gasteiger partial charge < -0.3 is 5.32 Å². The highest BCUT2D eigenvalue weighted by atomic mass is 79.9. The fraction of sp³-hybridized carbons (Fsp3) is 0.571. The molecule has 0 spiro atoms. The van der Waals surface area contributed by atoms with Crippen LogP contribution in [0.1, 0.15) is 38.2 Å². The van der Waals surface area contributed by atoms with Crippen molar-refractivity contribution in [2.24, 2.45) is 5.92 Å². The molecule has 0 aromatic heterocycles. The van der Waals surface area contributed by atoms with Crippen molar-refractivity contribution in [3.05, 3.63) is 26.6 Å². The van der Waals surface area contributed by atoms with Crippen LogP contribution in [-0.2, 0) is 0 Å². The molecule has 1 aromatic carbocycles. The second-order valence-electron chi connectivity index (χ2n) is 5.08. The van der Waals surface area contributed by atoms with Gasteiger partial charge in [0.15, 0.2) is 0 Å². The molecule has 0 heterocycles. The summed E-state index contributed by atoms with van der Waals surface area (Å²) in [7, 11) is 0. The summed E-state index contributed by atoms with van der Waals surface area (Å²) in [6.07, 6.45) is 5.53. The average Bonchev–Trinajstić information content (AvgIpc) is 2.76. The van der Waals surface area contributed by atoms with E-state index >= 15 is 0 Å². The third-order valence-electron chi connectivity index (χ3n) is 3.67. The molecule has 94 valence electrons. The predicted octanol–water partition coefficient (Wildman–Crippen LogP) is 5.51. The molecule has 1 fully saturated rings. The number of nitrogens with one attached hydrogen (secondary N) is 1. The summed E-state index contributed by atoms with van der Waals surface area (Å²) in [5, 5.41) is 3.65. The fourth-order valence-corrected chi connectivity index (χ4v) is 4.28. The van der Waals surface area contributed by atoms with E-state index in [9.17, 15) is 0 Å². The first kappa shape index (κ1) is 13.4. The predicted molar refractivity (Wildman–Crippen MR) is 81.6 cm³/mol. The summed E-state index contributed by atoms with van der Waals surface area (Å²) < 4.78 is 2.29. The monoisotopic (exact) mass is 359 g/mol. The third kappa shape index (κ3) is 3.25. The minimum absolute atomic E-state index is 0.549. The number of rotatable bonds is 3. The van der Waals surface area contributed by atoms with E-state index in [1.54, 1.807) is 0 Å². The zero-order valence-corrected chi connectivity index (χ0v) is 13.6. The summed E-state index contributed by atoms with van der Waals surface area (Å²) in [5.41, 5.74) is 2.46. The van der Waals surface area contributed by atoms with Gasteiger partial charge in [0.05, 0.1) is 5.69 Å². The van der Waals surface area contributed by atoms with Gasteiger partial charge in [0.1, 0.15) is 0 Å². The Morgan fingerprint density at radius 3 is 2.24 bits per heavy atom. The van der Waals surface area contributed by atoms with Gasteiger partial charge in [0.2, 0.25) is 0 Å². The minimum atomic E-state index is 0.549. The first-order valence-corrected chi connectivity index (χ1v) is 7.88. The molecule has 0 amide bonds. The molecule has 1 N–H and O–H groups in total. The van der Waals surface area contributed by atoms with E-state index in [4.69, 9.17) is 0 Å². The molecule has 0 bridgehead atoms. The molecular formula is C14H19Br2N. The topological polar surface area (TPSA) is 12.0 Å². The van der Waals surface area contributed by atoms with Crippen LogP contribution < -0.4 is 5.32 Å². The Kier molecular flexibility index (Phi) is 4.53. The Bertz CT molecular complexity index is 374. The van der Waals surface area contributed by atoms with Gasteiger partial charge in [-0.1, -0.05) is 12.8 Å². The van der Waals surface area contributed by atoms with Gasteiger partial charge in [-0.3, -0.25) is 0 Å². The lowest BCUT2D eigenvalue weighted by Crippen LogP contribution is -2.24. The summed E-state index contributed by atoms with van der Waals surface area (Å²) in [5.74, 6) is 0.829. The van der Waals surface area contributed by atoms with Crippen molar-refractivity contribution >= 4 is 37.5 Å². The summed E-state index contributed by atoms with van der Waals surface area (Å²) >= 11 is 7.29. The number of hydrogen-bond donors (Lipinski definition) is 1. The van der Waals surface area contributed by atoms with Crippen molar-refractivity contribution in [2.75, 3.05) is 5.32 Å². The Morgan fingerprint density at radius 2 is 1.71 bits per heavy atom. The van der Waals surface area contributed by atoms with Crippen LogP contribution in [0.4, 0.5) is 5.69 Å². The van der Waals surface area contributed by atoms with Crippen LogP contribution >= 0.6 is 31.9 Å². The molecule has 1 nitrogen and oxygen atoms in total. The van der Waals surface area contributed by atoms with Crippen LogP contribution in [0.5, 0.6) is 0 Å². The molecule has 1 saturated carbocycles. The normalized spacial score (nSPS) is 18.4. The van der Waals surface area contributed by atoms with E-state index < -0.39 is 0 Å². The van der Waals surface area contributed by atoms with Gasteiger partial charge in [-0.2, -0.15) is 0 Å². The molecule has 1 atom stereocenters. The summed E-state index contributed by atoms with van der Waals surface area (Å²) in [4.78, 5) is 0. The molecule has 1 unspecified atom stereocenters. The largest absolute Gasteiger partial charge is 0.380 e. The highest BCUT2D eigenvalue weighted by Gasteiger charge is 2.22. The first-order chi connectivity index (χ1) is 8.08. The third-order valence-corrected chi connectivity index (χ3v) is 4.92. The van der Waals surface area contributed by atoms with Crippen LogP contribution in [0.15, 0.2) is 21.1 Å². The molecule has 0 radical (unpaired) electrons. The van der Waals surface area contributed by atoms with Crippen LogP contribution in [0.3, 0.4) is 0 Å². The Labute approximate surface area is 121 Å². The molecule has 2 rings (SSSR count). The van der Waals surface area contributed by atoms with Gasteiger partial charge in [-0.25, -0.2) is 0 Å². The van der Waals surface area contributed by atoms with E-state index in [0.717, 1.165) is 14.9 Å². The molecular weight excluding hydrogens is 342 g/mol. The summed E-state index contributed by atoms with van der Waals surface area (Å²) in [6.45, 7) is 4.41. The van der Waals surface area contributed by atoms with Crippen LogP contribution in [0, 0.1) is 12.8 Å². The van der Waals surface area contributed by atoms with Crippen molar-refractivity contribution in [1.82, 2.24) is 0 Å².